The molecule has 1 N–H and O–H groups in total. The molecule has 0 spiro atoms. The van der Waals surface area contributed by atoms with Crippen LogP contribution in [-0.2, 0) is 11.3 Å². The molecular formula is C16H14BrN3O2S2. The van der Waals surface area contributed by atoms with Crippen LogP contribution in [0.2, 0.25) is 0 Å². The normalized spacial score (nSPS) is 10.9. The van der Waals surface area contributed by atoms with Crippen molar-refractivity contribution in [3.63, 3.8) is 0 Å². The highest BCUT2D eigenvalue weighted by molar-refractivity contribution is 9.10. The molecule has 0 unspecified atom stereocenters. The fraction of sp³-hybridized carbons (Fsp3) is 0.188. The Kier molecular flexibility index (Phi) is 5.37. The van der Waals surface area contributed by atoms with Crippen LogP contribution in [0.25, 0.3) is 10.2 Å². The van der Waals surface area contributed by atoms with Gasteiger partial charge in [-0.2, -0.15) is 0 Å². The number of halogens is 1. The smallest absolute Gasteiger partial charge is 0.272 e. The van der Waals surface area contributed by atoms with Gasteiger partial charge in [-0.1, -0.05) is 27.7 Å². The molecule has 24 heavy (non-hydrogen) atoms. The van der Waals surface area contributed by atoms with E-state index in [0.29, 0.717) is 21.9 Å². The third-order valence-corrected chi connectivity index (χ3v) is 5.70. The number of hydrogen-bond acceptors (Lipinski definition) is 5. The molecule has 0 aliphatic rings. The number of nitrogens with zero attached hydrogens (tertiary/aromatic N) is 2. The van der Waals surface area contributed by atoms with Gasteiger partial charge >= 0.3 is 0 Å². The van der Waals surface area contributed by atoms with Gasteiger partial charge in [0.25, 0.3) is 5.56 Å². The Morgan fingerprint density at radius 3 is 2.79 bits per heavy atom. The van der Waals surface area contributed by atoms with Gasteiger partial charge in [0.15, 0.2) is 5.16 Å². The van der Waals surface area contributed by atoms with Crippen LogP contribution in [0.5, 0.6) is 0 Å². The zero-order valence-electron chi connectivity index (χ0n) is 12.8. The fourth-order valence-electron chi connectivity index (χ4n) is 2.17. The Hall–Kier alpha value is -1.64. The average Bonchev–Trinajstić information content (AvgIpc) is 3.04. The lowest BCUT2D eigenvalue weighted by Crippen LogP contribution is -2.22. The van der Waals surface area contributed by atoms with Gasteiger partial charge in [-0.3, -0.25) is 14.2 Å². The maximum absolute atomic E-state index is 12.4. The van der Waals surface area contributed by atoms with E-state index in [9.17, 15) is 9.59 Å². The lowest BCUT2D eigenvalue weighted by Gasteiger charge is -2.10. The summed E-state index contributed by atoms with van der Waals surface area (Å²) in [6, 6.07) is 9.20. The van der Waals surface area contributed by atoms with E-state index < -0.39 is 0 Å². The largest absolute Gasteiger partial charge is 0.325 e. The molecule has 2 aromatic heterocycles. The van der Waals surface area contributed by atoms with E-state index in [0.717, 1.165) is 10.2 Å². The van der Waals surface area contributed by atoms with Gasteiger partial charge in [-0.25, -0.2) is 4.98 Å². The number of fused-ring (bicyclic) bond motifs is 1. The zero-order valence-corrected chi connectivity index (χ0v) is 16.0. The number of anilines is 1. The van der Waals surface area contributed by atoms with Crippen molar-refractivity contribution in [3.05, 3.63) is 50.5 Å². The number of nitrogens with one attached hydrogen (secondary N) is 1. The van der Waals surface area contributed by atoms with Crippen LogP contribution in [-0.4, -0.2) is 21.2 Å². The minimum absolute atomic E-state index is 0.0479. The maximum atomic E-state index is 12.4. The second-order valence-electron chi connectivity index (χ2n) is 4.92. The Morgan fingerprint density at radius 2 is 2.08 bits per heavy atom. The summed E-state index contributed by atoms with van der Waals surface area (Å²) in [6.07, 6.45) is 0. The number of thiophene rings is 1. The molecule has 5 nitrogen and oxygen atoms in total. The second kappa shape index (κ2) is 7.50. The summed E-state index contributed by atoms with van der Waals surface area (Å²) in [7, 11) is 0. The summed E-state index contributed by atoms with van der Waals surface area (Å²) >= 11 is 6.02. The van der Waals surface area contributed by atoms with Crippen molar-refractivity contribution in [1.29, 1.82) is 0 Å². The van der Waals surface area contributed by atoms with Crippen LogP contribution in [0.3, 0.4) is 0 Å². The highest BCUT2D eigenvalue weighted by Gasteiger charge is 2.13. The lowest BCUT2D eigenvalue weighted by molar-refractivity contribution is -0.113. The molecule has 3 aromatic rings. The number of amides is 1. The summed E-state index contributed by atoms with van der Waals surface area (Å²) in [5, 5.41) is 5.25. The summed E-state index contributed by atoms with van der Waals surface area (Å²) in [5.41, 5.74) is 1.37. The van der Waals surface area contributed by atoms with Gasteiger partial charge in [0.05, 0.1) is 11.3 Å². The second-order valence-corrected chi connectivity index (χ2v) is 7.70. The van der Waals surface area contributed by atoms with E-state index in [1.54, 1.807) is 4.57 Å². The van der Waals surface area contributed by atoms with E-state index >= 15 is 0 Å². The summed E-state index contributed by atoms with van der Waals surface area (Å²) < 4.78 is 3.21. The molecule has 1 aromatic carbocycles. The fourth-order valence-corrected chi connectivity index (χ4v) is 4.08. The minimum atomic E-state index is -0.135. The molecule has 0 saturated heterocycles. The van der Waals surface area contributed by atoms with Crippen molar-refractivity contribution in [2.75, 3.05) is 11.1 Å². The number of benzene rings is 1. The number of rotatable bonds is 5. The first-order chi connectivity index (χ1) is 11.6. The highest BCUT2D eigenvalue weighted by atomic mass is 79.9. The first-order valence-corrected chi connectivity index (χ1v) is 9.90. The molecule has 0 bridgehead atoms. The molecule has 0 saturated carbocycles. The van der Waals surface area contributed by atoms with Gasteiger partial charge in [0.1, 0.15) is 4.70 Å². The zero-order chi connectivity index (χ0) is 17.1. The van der Waals surface area contributed by atoms with Crippen molar-refractivity contribution in [2.45, 2.75) is 18.6 Å². The average molecular weight is 424 g/mol. The Labute approximate surface area is 155 Å². The Bertz CT molecular complexity index is 935. The van der Waals surface area contributed by atoms with Crippen LogP contribution in [0.15, 0.2) is 50.1 Å². The monoisotopic (exact) mass is 423 g/mol. The van der Waals surface area contributed by atoms with Crippen LogP contribution in [0.4, 0.5) is 5.69 Å². The van der Waals surface area contributed by atoms with Gasteiger partial charge in [-0.15, -0.1) is 11.3 Å². The quantitative estimate of drug-likeness (QED) is 0.497. The predicted octanol–water partition coefficient (Wildman–Crippen LogP) is 3.97. The molecule has 8 heteroatoms. The SMILES string of the molecule is CCn1c(SCC(=O)Nc2ccc(Br)cc2)nc2ccsc2c1=O. The molecule has 124 valence electrons. The van der Waals surface area contributed by atoms with Crippen LogP contribution >= 0.6 is 39.0 Å². The van der Waals surface area contributed by atoms with Crippen molar-refractivity contribution in [1.82, 2.24) is 9.55 Å². The number of thioether (sulfide) groups is 1. The van der Waals surface area contributed by atoms with Crippen molar-refractivity contribution in [2.24, 2.45) is 0 Å². The van der Waals surface area contributed by atoms with E-state index in [4.69, 9.17) is 0 Å². The standard InChI is InChI=1S/C16H14BrN3O2S2/c1-2-20-15(22)14-12(7-8-23-14)19-16(20)24-9-13(21)18-11-5-3-10(17)4-6-11/h3-8H,2,9H2,1H3,(H,18,21). The third kappa shape index (κ3) is 3.71. The molecule has 0 radical (unpaired) electrons. The van der Waals surface area contributed by atoms with E-state index in [-0.39, 0.29) is 17.2 Å². The molecular weight excluding hydrogens is 410 g/mol. The number of carbonyl (C=O) groups excluding carboxylic acids is 1. The first-order valence-electron chi connectivity index (χ1n) is 7.24. The van der Waals surface area contributed by atoms with Gasteiger partial charge in [0, 0.05) is 16.7 Å². The predicted molar refractivity (Wildman–Crippen MR) is 103 cm³/mol. The minimum Gasteiger partial charge on any atom is -0.325 e. The highest BCUT2D eigenvalue weighted by Crippen LogP contribution is 2.21. The van der Waals surface area contributed by atoms with Crippen molar-refractivity contribution < 1.29 is 4.79 Å². The summed E-state index contributed by atoms with van der Waals surface area (Å²) in [6.45, 7) is 2.42. The van der Waals surface area contributed by atoms with E-state index in [1.165, 1.54) is 23.1 Å². The topological polar surface area (TPSA) is 64.0 Å². The Morgan fingerprint density at radius 1 is 1.33 bits per heavy atom. The van der Waals surface area contributed by atoms with Crippen LogP contribution in [0, 0.1) is 0 Å². The molecule has 0 atom stereocenters. The molecule has 2 heterocycles. The van der Waals surface area contributed by atoms with Crippen LogP contribution < -0.4 is 10.9 Å². The molecule has 0 fully saturated rings. The summed E-state index contributed by atoms with van der Waals surface area (Å²) in [4.78, 5) is 29.0. The molecule has 3 rings (SSSR count). The molecule has 0 aliphatic heterocycles. The van der Waals surface area contributed by atoms with Crippen molar-refractivity contribution in [3.8, 4) is 0 Å². The summed E-state index contributed by atoms with van der Waals surface area (Å²) in [5.74, 6) is 0.0580. The number of aromatic nitrogens is 2. The van der Waals surface area contributed by atoms with E-state index in [1.807, 2.05) is 42.6 Å². The molecule has 1 amide bonds. The number of carbonyl (C=O) groups is 1. The van der Waals surface area contributed by atoms with Crippen molar-refractivity contribution >= 4 is 60.8 Å². The Balaban J connectivity index is 1.74. The van der Waals surface area contributed by atoms with E-state index in [2.05, 4.69) is 26.2 Å². The lowest BCUT2D eigenvalue weighted by atomic mass is 10.3. The van der Waals surface area contributed by atoms with Gasteiger partial charge in [-0.05, 0) is 42.6 Å². The van der Waals surface area contributed by atoms with Gasteiger partial charge in [0.2, 0.25) is 5.91 Å². The van der Waals surface area contributed by atoms with Crippen LogP contribution in [0.1, 0.15) is 6.92 Å². The molecule has 0 aliphatic carbocycles. The van der Waals surface area contributed by atoms with Gasteiger partial charge < -0.3 is 5.32 Å². The number of hydrogen-bond donors (Lipinski definition) is 1. The first kappa shape index (κ1) is 17.2. The third-order valence-electron chi connectivity index (χ3n) is 3.31. The maximum Gasteiger partial charge on any atom is 0.272 e.